The first-order valence-corrected chi connectivity index (χ1v) is 5.05. The minimum Gasteiger partial charge on any atom is -0.259 e. The molecule has 0 radical (unpaired) electrons. The zero-order chi connectivity index (χ0) is 13.0. The van der Waals surface area contributed by atoms with Crippen LogP contribution in [-0.4, -0.2) is 9.85 Å². The lowest BCUT2D eigenvalue weighted by molar-refractivity contribution is -0.422. The van der Waals surface area contributed by atoms with Crippen molar-refractivity contribution in [1.29, 1.82) is 0 Å². The topological polar surface area (TPSA) is 86.3 Å². The Morgan fingerprint density at radius 2 is 2.00 bits per heavy atom. The Bertz CT molecular complexity index is 494. The van der Waals surface area contributed by atoms with E-state index < -0.39 is 9.85 Å². The lowest BCUT2D eigenvalue weighted by Crippen LogP contribution is -1.96. The molecule has 6 nitrogen and oxygen atoms in total. The molecule has 0 N–H and O–H groups in total. The van der Waals surface area contributed by atoms with Crippen LogP contribution in [0.25, 0.3) is 6.08 Å². The zero-order valence-corrected chi connectivity index (χ0v) is 9.54. The molecular weight excluding hydrogens is 224 g/mol. The number of rotatable bonds is 4. The largest absolute Gasteiger partial charge is 0.272 e. The minimum absolute atomic E-state index is 0.000839. The van der Waals surface area contributed by atoms with Crippen LogP contribution in [0.15, 0.2) is 23.9 Å². The van der Waals surface area contributed by atoms with Gasteiger partial charge in [0.15, 0.2) is 0 Å². The van der Waals surface area contributed by atoms with Crippen LogP contribution < -0.4 is 0 Å². The maximum absolute atomic E-state index is 10.7. The Morgan fingerprint density at radius 1 is 1.35 bits per heavy atom. The van der Waals surface area contributed by atoms with Gasteiger partial charge in [0, 0.05) is 24.6 Å². The lowest BCUT2D eigenvalue weighted by Gasteiger charge is -2.01. The molecule has 0 bridgehead atoms. The van der Waals surface area contributed by atoms with Crippen LogP contribution in [0.3, 0.4) is 0 Å². The van der Waals surface area contributed by atoms with E-state index in [1.54, 1.807) is 13.0 Å². The Kier molecular flexibility index (Phi) is 3.92. The Morgan fingerprint density at radius 3 is 2.47 bits per heavy atom. The van der Waals surface area contributed by atoms with E-state index in [2.05, 4.69) is 0 Å². The first kappa shape index (κ1) is 12.8. The predicted octanol–water partition coefficient (Wildman–Crippen LogP) is 2.79. The SMILES string of the molecule is CCc1cc(/C=C(\C)[N+](=O)[O-])ccc1[N+](=O)[O-]. The van der Waals surface area contributed by atoms with Crippen LogP contribution in [0.4, 0.5) is 5.69 Å². The zero-order valence-electron chi connectivity index (χ0n) is 9.54. The summed E-state index contributed by atoms with van der Waals surface area (Å²) >= 11 is 0. The second-order valence-corrected chi connectivity index (χ2v) is 3.54. The number of nitrogens with zero attached hydrogens (tertiary/aromatic N) is 2. The summed E-state index contributed by atoms with van der Waals surface area (Å²) in [5.74, 6) is 0. The summed E-state index contributed by atoms with van der Waals surface area (Å²) in [4.78, 5) is 20.2. The number of nitro groups is 2. The fourth-order valence-electron chi connectivity index (χ4n) is 1.45. The first-order valence-electron chi connectivity index (χ1n) is 5.05. The molecule has 90 valence electrons. The van der Waals surface area contributed by atoms with Gasteiger partial charge < -0.3 is 0 Å². The molecule has 0 spiro atoms. The third kappa shape index (κ3) is 3.10. The van der Waals surface area contributed by atoms with E-state index in [1.165, 1.54) is 25.1 Å². The highest BCUT2D eigenvalue weighted by atomic mass is 16.6. The fraction of sp³-hybridized carbons (Fsp3) is 0.273. The normalized spacial score (nSPS) is 11.3. The van der Waals surface area contributed by atoms with Crippen LogP contribution in [0, 0.1) is 20.2 Å². The number of nitro benzene ring substituents is 1. The van der Waals surface area contributed by atoms with Crippen molar-refractivity contribution in [3.8, 4) is 0 Å². The van der Waals surface area contributed by atoms with Crippen molar-refractivity contribution in [2.24, 2.45) is 0 Å². The second kappa shape index (κ2) is 5.20. The first-order chi connectivity index (χ1) is 7.95. The van der Waals surface area contributed by atoms with E-state index in [-0.39, 0.29) is 11.4 Å². The van der Waals surface area contributed by atoms with Crippen molar-refractivity contribution in [3.63, 3.8) is 0 Å². The molecule has 1 aromatic rings. The van der Waals surface area contributed by atoms with Gasteiger partial charge in [-0.2, -0.15) is 0 Å². The van der Waals surface area contributed by atoms with E-state index in [1.807, 2.05) is 0 Å². The average Bonchev–Trinajstić information content (AvgIpc) is 2.28. The lowest BCUT2D eigenvalue weighted by atomic mass is 10.1. The molecule has 1 aromatic carbocycles. The van der Waals surface area contributed by atoms with E-state index in [9.17, 15) is 20.2 Å². The van der Waals surface area contributed by atoms with Crippen LogP contribution in [0.2, 0.25) is 0 Å². The van der Waals surface area contributed by atoms with Gasteiger partial charge in [-0.15, -0.1) is 0 Å². The molecule has 0 aliphatic rings. The van der Waals surface area contributed by atoms with Crippen molar-refractivity contribution in [3.05, 3.63) is 55.3 Å². The highest BCUT2D eigenvalue weighted by Gasteiger charge is 2.12. The third-order valence-corrected chi connectivity index (χ3v) is 2.34. The van der Waals surface area contributed by atoms with Crippen molar-refractivity contribution in [2.75, 3.05) is 0 Å². The standard InChI is InChI=1S/C11H12N2O4/c1-3-10-7-9(6-8(2)12(14)15)4-5-11(10)13(16)17/h4-7H,3H2,1-2H3/b8-6+. The number of benzene rings is 1. The number of hydrogen-bond acceptors (Lipinski definition) is 4. The number of allylic oxidation sites excluding steroid dienone is 1. The maximum atomic E-state index is 10.7. The molecule has 0 aliphatic carbocycles. The van der Waals surface area contributed by atoms with Gasteiger partial charge in [-0.25, -0.2) is 0 Å². The molecule has 1 rings (SSSR count). The summed E-state index contributed by atoms with van der Waals surface area (Å²) in [5.41, 5.74) is 1.21. The van der Waals surface area contributed by atoms with Gasteiger partial charge in [-0.3, -0.25) is 20.2 Å². The molecular formula is C11H12N2O4. The Hall–Kier alpha value is -2.24. The smallest absolute Gasteiger partial charge is 0.259 e. The molecule has 0 aromatic heterocycles. The van der Waals surface area contributed by atoms with Gasteiger partial charge in [-0.05, 0) is 24.1 Å². The fourth-order valence-corrected chi connectivity index (χ4v) is 1.45. The molecule has 6 heteroatoms. The summed E-state index contributed by atoms with van der Waals surface area (Å²) in [6.07, 6.45) is 1.90. The highest BCUT2D eigenvalue weighted by molar-refractivity contribution is 5.56. The molecule has 17 heavy (non-hydrogen) atoms. The monoisotopic (exact) mass is 236 g/mol. The van der Waals surface area contributed by atoms with Crippen molar-refractivity contribution in [1.82, 2.24) is 0 Å². The van der Waals surface area contributed by atoms with E-state index in [4.69, 9.17) is 0 Å². The third-order valence-electron chi connectivity index (χ3n) is 2.34. The summed E-state index contributed by atoms with van der Waals surface area (Å²) in [6, 6.07) is 4.48. The number of hydrogen-bond donors (Lipinski definition) is 0. The molecule has 0 unspecified atom stereocenters. The molecule has 0 saturated carbocycles. The van der Waals surface area contributed by atoms with Gasteiger partial charge in [0.1, 0.15) is 0 Å². The van der Waals surface area contributed by atoms with Gasteiger partial charge in [-0.1, -0.05) is 6.92 Å². The second-order valence-electron chi connectivity index (χ2n) is 3.54. The van der Waals surface area contributed by atoms with E-state index >= 15 is 0 Å². The van der Waals surface area contributed by atoms with Crippen LogP contribution in [0.5, 0.6) is 0 Å². The summed E-state index contributed by atoms with van der Waals surface area (Å²) < 4.78 is 0. The summed E-state index contributed by atoms with van der Waals surface area (Å²) in [6.45, 7) is 3.18. The van der Waals surface area contributed by atoms with Gasteiger partial charge in [0.2, 0.25) is 5.70 Å². The number of aryl methyl sites for hydroxylation is 1. The molecule has 0 aliphatic heterocycles. The molecule has 0 atom stereocenters. The van der Waals surface area contributed by atoms with Crippen molar-refractivity contribution in [2.45, 2.75) is 20.3 Å². The summed E-state index contributed by atoms with van der Waals surface area (Å²) in [7, 11) is 0. The van der Waals surface area contributed by atoms with Crippen LogP contribution in [0.1, 0.15) is 25.0 Å². The molecule has 0 heterocycles. The minimum atomic E-state index is -0.493. The quantitative estimate of drug-likeness (QED) is 0.594. The highest BCUT2D eigenvalue weighted by Crippen LogP contribution is 2.21. The predicted molar refractivity (Wildman–Crippen MR) is 63.1 cm³/mol. The van der Waals surface area contributed by atoms with E-state index in [0.29, 0.717) is 17.5 Å². The van der Waals surface area contributed by atoms with Crippen molar-refractivity contribution >= 4 is 11.8 Å². The van der Waals surface area contributed by atoms with Crippen molar-refractivity contribution < 1.29 is 9.85 Å². The Labute approximate surface area is 97.9 Å². The molecule has 0 fully saturated rings. The van der Waals surface area contributed by atoms with Crippen LogP contribution in [-0.2, 0) is 6.42 Å². The van der Waals surface area contributed by atoms with Crippen LogP contribution >= 0.6 is 0 Å². The molecule has 0 amide bonds. The van der Waals surface area contributed by atoms with Gasteiger partial charge >= 0.3 is 0 Å². The van der Waals surface area contributed by atoms with E-state index in [0.717, 1.165) is 0 Å². The molecule has 0 saturated heterocycles. The maximum Gasteiger partial charge on any atom is 0.272 e. The van der Waals surface area contributed by atoms with Gasteiger partial charge in [0.05, 0.1) is 9.85 Å². The van der Waals surface area contributed by atoms with Gasteiger partial charge in [0.25, 0.3) is 5.69 Å². The Balaban J connectivity index is 3.19. The summed E-state index contributed by atoms with van der Waals surface area (Å²) in [5, 5.41) is 21.2. The average molecular weight is 236 g/mol.